The number of benzene rings is 3. The van der Waals surface area contributed by atoms with E-state index in [-0.39, 0.29) is 52.1 Å². The van der Waals surface area contributed by atoms with Crippen LogP contribution < -0.4 is 0 Å². The largest absolute Gasteiger partial charge is 0.478 e. The van der Waals surface area contributed by atoms with Crippen LogP contribution in [0.5, 0.6) is 0 Å². The van der Waals surface area contributed by atoms with E-state index in [1.54, 1.807) is 68.1 Å². The van der Waals surface area contributed by atoms with Crippen molar-refractivity contribution in [1.82, 2.24) is 78.8 Å². The maximum atomic E-state index is 12.0. The van der Waals surface area contributed by atoms with Gasteiger partial charge in [0.25, 0.3) is 0 Å². The third kappa shape index (κ3) is 18.0. The van der Waals surface area contributed by atoms with E-state index >= 15 is 0 Å². The molecule has 27 nitrogen and oxygen atoms in total. The third-order valence-corrected chi connectivity index (χ3v) is 27.1. The van der Waals surface area contributed by atoms with Crippen LogP contribution in [0.2, 0.25) is 10.0 Å². The zero-order valence-electron chi connectivity index (χ0n) is 77.0. The number of halogens is 2. The molecule has 2 N–H and O–H groups in total. The minimum absolute atomic E-state index is 0.00130. The average molecular weight is 1880 g/mol. The fraction of sp³-hybridized carbons (Fsp3) is 0.196. The van der Waals surface area contributed by atoms with Crippen molar-refractivity contribution in [3.8, 4) is 88.3 Å². The molecule has 1 aliphatic carbocycles. The number of Topliss-reactive ketones (excluding diaryl/α,β-unsaturated/α-hetero) is 1. The molecular formula is C107H92Cl2N16O11S. The number of thiophene rings is 1. The molecule has 30 heteroatoms. The summed E-state index contributed by atoms with van der Waals surface area (Å²) in [6.45, 7) is 23.2. The van der Waals surface area contributed by atoms with Crippen molar-refractivity contribution in [2.24, 2.45) is 5.92 Å². The van der Waals surface area contributed by atoms with Gasteiger partial charge in [-0.1, -0.05) is 98.8 Å². The number of carbonyl (C=O) groups excluding carboxylic acids is 2. The maximum Gasteiger partial charge on any atom is 0.337 e. The molecule has 17 heterocycles. The Hall–Kier alpha value is -15.8. The summed E-state index contributed by atoms with van der Waals surface area (Å²) >= 11 is 14.3. The first-order valence-electron chi connectivity index (χ1n) is 44.4. The van der Waals surface area contributed by atoms with Crippen molar-refractivity contribution < 1.29 is 52.2 Å². The van der Waals surface area contributed by atoms with Crippen molar-refractivity contribution in [2.45, 2.75) is 127 Å². The topological polar surface area (TPSA) is 345 Å². The Morgan fingerprint density at radius 2 is 0.788 bits per heavy atom. The van der Waals surface area contributed by atoms with E-state index in [0.717, 1.165) is 200 Å². The summed E-state index contributed by atoms with van der Waals surface area (Å²) in [4.78, 5) is 86.2. The van der Waals surface area contributed by atoms with Crippen molar-refractivity contribution in [2.75, 3.05) is 7.11 Å². The van der Waals surface area contributed by atoms with Crippen LogP contribution in [0.25, 0.3) is 132 Å². The summed E-state index contributed by atoms with van der Waals surface area (Å²) in [5.41, 5.74) is 28.6. The summed E-state index contributed by atoms with van der Waals surface area (Å²) in [6, 6.07) is 53.2. The van der Waals surface area contributed by atoms with Gasteiger partial charge in [-0.05, 0) is 234 Å². The number of fused-ring (bicyclic) bond motifs is 4. The number of carbonyl (C=O) groups is 4. The number of methoxy groups -OCH3 is 1. The van der Waals surface area contributed by atoms with Crippen molar-refractivity contribution >= 4 is 102 Å². The smallest absolute Gasteiger partial charge is 0.337 e. The van der Waals surface area contributed by atoms with Gasteiger partial charge in [0.15, 0.2) is 5.78 Å². The van der Waals surface area contributed by atoms with E-state index in [1.807, 2.05) is 178 Å². The van der Waals surface area contributed by atoms with E-state index in [0.29, 0.717) is 22.1 Å². The van der Waals surface area contributed by atoms with Crippen LogP contribution in [0.1, 0.15) is 180 Å². The molecule has 0 aliphatic heterocycles. The Labute approximate surface area is 800 Å². The number of aromatic nitrogens is 16. The Morgan fingerprint density at radius 1 is 0.401 bits per heavy atom. The molecular weight excluding hydrogens is 1790 g/mol. The zero-order chi connectivity index (χ0) is 95.9. The summed E-state index contributed by atoms with van der Waals surface area (Å²) < 4.78 is 35.2. The Bertz CT molecular complexity index is 7890. The zero-order valence-corrected chi connectivity index (χ0v) is 79.3. The normalized spacial score (nSPS) is 12.9. The molecule has 1 unspecified atom stereocenters. The number of ketones is 1. The number of rotatable bonds is 21. The molecule has 0 radical (unpaired) electrons. The molecule has 0 spiro atoms. The Kier molecular flexibility index (Phi) is 25.9. The highest BCUT2D eigenvalue weighted by atomic mass is 35.5. The third-order valence-electron chi connectivity index (χ3n) is 25.3. The van der Waals surface area contributed by atoms with Crippen LogP contribution in [0.4, 0.5) is 0 Å². The second-order valence-corrected chi connectivity index (χ2v) is 35.8. The van der Waals surface area contributed by atoms with Gasteiger partial charge in [-0.2, -0.15) is 0 Å². The van der Waals surface area contributed by atoms with Gasteiger partial charge in [0.1, 0.15) is 23.0 Å². The molecule has 3 aromatic carbocycles. The molecule has 0 amide bonds. The number of nitrogens with zero attached hydrogens (tertiary/aromatic N) is 16. The molecule has 1 saturated carbocycles. The standard InChI is InChI=1S/C30H28N4O3.2C26H21ClN4O3.C25H22N4O2S/c1-18-27(19(2)37-33-18)23-15-26-28(32-16-23)24(20-10-12-22(13-11-20)30(35)36-3)17-34(26)29(21-7-6-8-21)25-9-4-5-14-31-25;1-14-24(16(3)34-30-14)18-11-23-25(29-12-18)20(19-8-7-17(26(32)33)10-21(19)27)13-31(23)15(2)22-6-4-5-9-28-22;1-14-24(16(3)34-30-14)18-11-23-25(29-12-18)20(17-7-8-19(26(32)33)21(27)10-17)13-31(23)15(2)22-6-4-5-9-28-22;1-14-24(17(4)31-28-14)18-11-21-25(27-12-18)19(23-9-8-22(32-23)16(3)30)13-29(21)15(2)20-7-5-6-10-26-20/h4-5,9-17,21,29H,6-8H2,1-3H3;2*4-13,15H,1-3H3,(H,32,33);5-13,15H,1-4H3/t;3*15-/m.000/s1. The van der Waals surface area contributed by atoms with Gasteiger partial charge < -0.3 is 51.3 Å². The highest BCUT2D eigenvalue weighted by molar-refractivity contribution is 7.17. The van der Waals surface area contributed by atoms with Gasteiger partial charge >= 0.3 is 17.9 Å². The molecule has 686 valence electrons. The Balaban J connectivity index is 0.000000122. The predicted molar refractivity (Wildman–Crippen MR) is 528 cm³/mol. The van der Waals surface area contributed by atoms with Gasteiger partial charge in [-0.25, -0.2) is 14.4 Å². The van der Waals surface area contributed by atoms with Crippen LogP contribution >= 0.6 is 34.5 Å². The van der Waals surface area contributed by atoms with E-state index in [9.17, 15) is 29.4 Å². The van der Waals surface area contributed by atoms with Crippen LogP contribution in [0.15, 0.2) is 262 Å². The monoisotopic (exact) mass is 1880 g/mol. The first-order valence-corrected chi connectivity index (χ1v) is 46.0. The SMILES string of the molecule is CC(=O)c1ccc(-c2cn([C@@H](C)c3ccccn3)c3cc(-c4c(C)noc4C)cnc23)s1.COC(=O)c1ccc(-c2cn(C(c3ccccn3)C3CCC3)c3cc(-c4c(C)noc4C)cnc23)cc1.Cc1noc(C)c1-c1cnc2c(-c3ccc(C(=O)O)c(Cl)c3)cn([C@@H](C)c3ccccn3)c2c1.Cc1noc(C)c1-c1cnc2c(-c3ccc(C(=O)O)cc3Cl)cn([C@@H](C)c3ccccn3)c2c1. The molecule has 0 saturated heterocycles. The molecule has 4 atom stereocenters. The molecule has 21 rings (SSSR count). The van der Waals surface area contributed by atoms with E-state index < -0.39 is 11.9 Å². The van der Waals surface area contributed by atoms with E-state index in [4.69, 9.17) is 71.0 Å². The van der Waals surface area contributed by atoms with E-state index in [1.165, 1.54) is 49.8 Å². The minimum Gasteiger partial charge on any atom is -0.478 e. The molecule has 0 bridgehead atoms. The van der Waals surface area contributed by atoms with Crippen molar-refractivity contribution in [3.05, 3.63) is 344 Å². The number of esters is 1. The lowest BCUT2D eigenvalue weighted by molar-refractivity contribution is 0.0598. The lowest BCUT2D eigenvalue weighted by atomic mass is 9.78. The molecule has 1 fully saturated rings. The summed E-state index contributed by atoms with van der Waals surface area (Å²) in [5, 5.41) is 35.6. The summed E-state index contributed by atoms with van der Waals surface area (Å²) in [7, 11) is 1.39. The quantitative estimate of drug-likeness (QED) is 0.0498. The summed E-state index contributed by atoms with van der Waals surface area (Å²) in [5.74, 6) is 1.12. The molecule has 20 aromatic rings. The summed E-state index contributed by atoms with van der Waals surface area (Å²) in [6.07, 6.45) is 26.5. The lowest BCUT2D eigenvalue weighted by Gasteiger charge is -2.35. The number of hydrogen-bond acceptors (Lipinski definition) is 22. The van der Waals surface area contributed by atoms with Crippen molar-refractivity contribution in [1.29, 1.82) is 0 Å². The van der Waals surface area contributed by atoms with Gasteiger partial charge in [0, 0.05) is 157 Å². The van der Waals surface area contributed by atoms with Gasteiger partial charge in [0.2, 0.25) is 0 Å². The minimum atomic E-state index is -1.06. The second-order valence-electron chi connectivity index (χ2n) is 33.9. The number of carboxylic acid groups (broad SMARTS) is 2. The van der Waals surface area contributed by atoms with Crippen molar-refractivity contribution in [3.63, 3.8) is 0 Å². The van der Waals surface area contributed by atoms with Gasteiger partial charge in [-0.15, -0.1) is 11.3 Å². The number of aromatic carboxylic acids is 2. The highest BCUT2D eigenvalue weighted by Crippen LogP contribution is 2.47. The number of hydrogen-bond donors (Lipinski definition) is 2. The van der Waals surface area contributed by atoms with Gasteiger partial charge in [0.05, 0.1) is 148 Å². The molecule has 1 aliphatic rings. The lowest BCUT2D eigenvalue weighted by Crippen LogP contribution is -2.26. The van der Waals surface area contributed by atoms with Crippen LogP contribution in [-0.2, 0) is 4.74 Å². The first kappa shape index (κ1) is 91.7. The average Bonchev–Trinajstić information content (AvgIpc) is 1.59. The van der Waals surface area contributed by atoms with E-state index in [2.05, 4.69) is 123 Å². The second kappa shape index (κ2) is 38.7. The first-order chi connectivity index (χ1) is 66.2. The van der Waals surface area contributed by atoms with Crippen LogP contribution in [0.3, 0.4) is 0 Å². The number of carboxylic acids is 2. The maximum absolute atomic E-state index is 12.0. The molecule has 17 aromatic heterocycles. The number of pyridine rings is 8. The predicted octanol–water partition coefficient (Wildman–Crippen LogP) is 25.5. The fourth-order valence-electron chi connectivity index (χ4n) is 18.1. The molecule has 137 heavy (non-hydrogen) atoms. The highest BCUT2D eigenvalue weighted by Gasteiger charge is 2.34. The van der Waals surface area contributed by atoms with Crippen LogP contribution in [0, 0.1) is 61.3 Å². The number of aryl methyl sites for hydroxylation is 8. The van der Waals surface area contributed by atoms with Crippen LogP contribution in [-0.4, -0.2) is 120 Å². The Morgan fingerprint density at radius 3 is 1.15 bits per heavy atom. The number of ether oxygens (including phenoxy) is 1. The fourth-order valence-corrected chi connectivity index (χ4v) is 19.6. The van der Waals surface area contributed by atoms with Gasteiger partial charge in [-0.3, -0.25) is 44.7 Å².